The lowest BCUT2D eigenvalue weighted by Gasteiger charge is -2.26. The van der Waals surface area contributed by atoms with E-state index in [1.165, 1.54) is 17.7 Å². The Morgan fingerprint density at radius 3 is 2.48 bits per heavy atom. The van der Waals surface area contributed by atoms with Gasteiger partial charge in [0.2, 0.25) is 0 Å². The van der Waals surface area contributed by atoms with Gasteiger partial charge in [0.15, 0.2) is 0 Å². The Morgan fingerprint density at radius 2 is 1.86 bits per heavy atom. The summed E-state index contributed by atoms with van der Waals surface area (Å²) in [4.78, 5) is 2.08. The van der Waals surface area contributed by atoms with Crippen LogP contribution in [0.25, 0.3) is 0 Å². The number of hydrogen-bond acceptors (Lipinski definition) is 2. The van der Waals surface area contributed by atoms with Crippen molar-refractivity contribution in [2.75, 3.05) is 18.5 Å². The molecule has 2 nitrogen and oxygen atoms in total. The first-order valence-corrected chi connectivity index (χ1v) is 7.84. The van der Waals surface area contributed by atoms with Crippen LogP contribution in [0.5, 0.6) is 0 Å². The fourth-order valence-corrected chi connectivity index (χ4v) is 2.74. The number of nitrogens with zero attached hydrogens (tertiary/aromatic N) is 1. The molecule has 0 saturated carbocycles. The molecule has 0 aromatic heterocycles. The lowest BCUT2D eigenvalue weighted by molar-refractivity contribution is 0.598. The number of nitrogens with one attached hydrogen (secondary N) is 1. The van der Waals surface area contributed by atoms with E-state index >= 15 is 0 Å². The van der Waals surface area contributed by atoms with Crippen molar-refractivity contribution < 1.29 is 4.39 Å². The Hall–Kier alpha value is -1.39. The lowest BCUT2D eigenvalue weighted by Crippen LogP contribution is -2.21. The van der Waals surface area contributed by atoms with Gasteiger partial charge in [0.1, 0.15) is 5.82 Å². The summed E-state index contributed by atoms with van der Waals surface area (Å²) in [6, 6.07) is 13.1. The van der Waals surface area contributed by atoms with Crippen LogP contribution in [0.3, 0.4) is 0 Å². The van der Waals surface area contributed by atoms with Crippen LogP contribution in [0.2, 0.25) is 0 Å². The molecule has 0 saturated heterocycles. The molecule has 1 atom stereocenters. The van der Waals surface area contributed by atoms with Gasteiger partial charge in [-0.2, -0.15) is 0 Å². The molecule has 1 N–H and O–H groups in total. The van der Waals surface area contributed by atoms with Gasteiger partial charge < -0.3 is 10.2 Å². The van der Waals surface area contributed by atoms with Gasteiger partial charge in [-0.1, -0.05) is 28.9 Å². The molecule has 0 fully saturated rings. The molecule has 0 amide bonds. The van der Waals surface area contributed by atoms with E-state index in [4.69, 9.17) is 0 Å². The first-order chi connectivity index (χ1) is 10.0. The standard InChI is InChI=1S/C17H20BrFN2/c1-4-20-12(2)16-10-5-13(18)11-17(16)21(3)15-8-6-14(19)7-9-15/h5-12,20H,4H2,1-3H3. The summed E-state index contributed by atoms with van der Waals surface area (Å²) < 4.78 is 14.1. The van der Waals surface area contributed by atoms with Crippen LogP contribution in [0.4, 0.5) is 15.8 Å². The van der Waals surface area contributed by atoms with Crippen molar-refractivity contribution >= 4 is 27.3 Å². The van der Waals surface area contributed by atoms with Gasteiger partial charge in [-0.3, -0.25) is 0 Å². The van der Waals surface area contributed by atoms with Crippen molar-refractivity contribution in [3.8, 4) is 0 Å². The summed E-state index contributed by atoms with van der Waals surface area (Å²) in [5.41, 5.74) is 3.27. The Bertz CT molecular complexity index is 598. The highest BCUT2D eigenvalue weighted by molar-refractivity contribution is 9.10. The quantitative estimate of drug-likeness (QED) is 0.813. The highest BCUT2D eigenvalue weighted by Gasteiger charge is 2.14. The minimum Gasteiger partial charge on any atom is -0.344 e. The molecule has 0 aliphatic carbocycles. The van der Waals surface area contributed by atoms with E-state index in [1.54, 1.807) is 12.1 Å². The zero-order valence-electron chi connectivity index (χ0n) is 12.5. The lowest BCUT2D eigenvalue weighted by atomic mass is 10.0. The molecule has 2 aromatic carbocycles. The third kappa shape index (κ3) is 3.83. The average Bonchev–Trinajstić information content (AvgIpc) is 2.47. The molecule has 2 aromatic rings. The highest BCUT2D eigenvalue weighted by Crippen LogP contribution is 2.33. The van der Waals surface area contributed by atoms with Crippen molar-refractivity contribution in [3.05, 3.63) is 58.3 Å². The van der Waals surface area contributed by atoms with Crippen LogP contribution in [0.15, 0.2) is 46.9 Å². The molecule has 4 heteroatoms. The van der Waals surface area contributed by atoms with Crippen LogP contribution in [-0.4, -0.2) is 13.6 Å². The van der Waals surface area contributed by atoms with Crippen LogP contribution in [0.1, 0.15) is 25.5 Å². The molecule has 112 valence electrons. The van der Waals surface area contributed by atoms with Gasteiger partial charge in [0.25, 0.3) is 0 Å². The number of rotatable bonds is 5. The van der Waals surface area contributed by atoms with E-state index in [2.05, 4.69) is 52.1 Å². The van der Waals surface area contributed by atoms with E-state index in [-0.39, 0.29) is 11.9 Å². The molecule has 1 unspecified atom stereocenters. The van der Waals surface area contributed by atoms with Crippen LogP contribution >= 0.6 is 15.9 Å². The fourth-order valence-electron chi connectivity index (χ4n) is 2.39. The average molecular weight is 351 g/mol. The van der Waals surface area contributed by atoms with Gasteiger partial charge >= 0.3 is 0 Å². The molecule has 0 spiro atoms. The number of halogens is 2. The Kier molecular flexibility index (Phi) is 5.37. The summed E-state index contributed by atoms with van der Waals surface area (Å²) in [6.07, 6.45) is 0. The van der Waals surface area contributed by atoms with Crippen molar-refractivity contribution in [3.63, 3.8) is 0 Å². The predicted molar refractivity (Wildman–Crippen MR) is 90.7 cm³/mol. The van der Waals surface area contributed by atoms with Crippen molar-refractivity contribution in [2.24, 2.45) is 0 Å². The summed E-state index contributed by atoms with van der Waals surface area (Å²) >= 11 is 3.53. The number of hydrogen-bond donors (Lipinski definition) is 1. The van der Waals surface area contributed by atoms with E-state index < -0.39 is 0 Å². The summed E-state index contributed by atoms with van der Waals surface area (Å²) in [5, 5.41) is 3.44. The Morgan fingerprint density at radius 1 is 1.19 bits per heavy atom. The summed E-state index contributed by atoms with van der Waals surface area (Å²) in [6.45, 7) is 5.16. The predicted octanol–water partition coefficient (Wildman–Crippen LogP) is 5.03. The number of anilines is 2. The van der Waals surface area contributed by atoms with E-state index in [0.29, 0.717) is 0 Å². The minimum atomic E-state index is -0.220. The SMILES string of the molecule is CCNC(C)c1ccc(Br)cc1N(C)c1ccc(F)cc1. The fraction of sp³-hybridized carbons (Fsp3) is 0.294. The normalized spacial score (nSPS) is 12.2. The largest absolute Gasteiger partial charge is 0.344 e. The van der Waals surface area contributed by atoms with Crippen LogP contribution in [-0.2, 0) is 0 Å². The molecule has 0 aliphatic rings. The third-order valence-corrected chi connectivity index (χ3v) is 4.04. The number of benzene rings is 2. The Labute approximate surface area is 134 Å². The second-order valence-electron chi connectivity index (χ2n) is 5.02. The smallest absolute Gasteiger partial charge is 0.123 e. The topological polar surface area (TPSA) is 15.3 Å². The summed E-state index contributed by atoms with van der Waals surface area (Å²) in [5.74, 6) is -0.220. The van der Waals surface area contributed by atoms with Crippen LogP contribution < -0.4 is 10.2 Å². The van der Waals surface area contributed by atoms with E-state index in [1.807, 2.05) is 13.1 Å². The maximum absolute atomic E-state index is 13.1. The second kappa shape index (κ2) is 7.05. The third-order valence-electron chi connectivity index (χ3n) is 3.54. The molecule has 21 heavy (non-hydrogen) atoms. The van der Waals surface area contributed by atoms with Crippen molar-refractivity contribution in [1.82, 2.24) is 5.32 Å². The van der Waals surface area contributed by atoms with Crippen molar-refractivity contribution in [1.29, 1.82) is 0 Å². The van der Waals surface area contributed by atoms with E-state index in [9.17, 15) is 4.39 Å². The molecule has 0 bridgehead atoms. The first-order valence-electron chi connectivity index (χ1n) is 7.05. The van der Waals surface area contributed by atoms with Gasteiger partial charge in [-0.25, -0.2) is 4.39 Å². The van der Waals surface area contributed by atoms with E-state index in [0.717, 1.165) is 22.4 Å². The molecule has 2 rings (SSSR count). The molecular formula is C17H20BrFN2. The summed E-state index contributed by atoms with van der Waals surface area (Å²) in [7, 11) is 2.00. The zero-order valence-corrected chi connectivity index (χ0v) is 14.1. The van der Waals surface area contributed by atoms with Crippen LogP contribution in [0, 0.1) is 5.82 Å². The maximum atomic E-state index is 13.1. The minimum absolute atomic E-state index is 0.220. The maximum Gasteiger partial charge on any atom is 0.123 e. The highest BCUT2D eigenvalue weighted by atomic mass is 79.9. The second-order valence-corrected chi connectivity index (χ2v) is 5.93. The zero-order chi connectivity index (χ0) is 15.4. The van der Waals surface area contributed by atoms with Gasteiger partial charge in [-0.15, -0.1) is 0 Å². The molecule has 0 heterocycles. The van der Waals surface area contributed by atoms with Gasteiger partial charge in [0.05, 0.1) is 0 Å². The first kappa shape index (κ1) is 16.0. The van der Waals surface area contributed by atoms with Gasteiger partial charge in [0, 0.05) is 28.9 Å². The van der Waals surface area contributed by atoms with Gasteiger partial charge in [-0.05, 0) is 55.4 Å². The molecule has 0 radical (unpaired) electrons. The van der Waals surface area contributed by atoms with Crippen molar-refractivity contribution in [2.45, 2.75) is 19.9 Å². The molecule has 0 aliphatic heterocycles. The molecular weight excluding hydrogens is 331 g/mol. The Balaban J connectivity index is 2.41. The monoisotopic (exact) mass is 350 g/mol.